The zero-order chi connectivity index (χ0) is 13.8. The third-order valence-corrected chi connectivity index (χ3v) is 5.10. The fourth-order valence-corrected chi connectivity index (χ4v) is 3.93. The van der Waals surface area contributed by atoms with Crippen molar-refractivity contribution in [3.05, 3.63) is 55.7 Å². The quantitative estimate of drug-likeness (QED) is 0.788. The van der Waals surface area contributed by atoms with Crippen LogP contribution in [-0.4, -0.2) is 6.54 Å². The van der Waals surface area contributed by atoms with Gasteiger partial charge in [0.25, 0.3) is 0 Å². The van der Waals surface area contributed by atoms with Gasteiger partial charge in [-0.25, -0.2) is 0 Å². The van der Waals surface area contributed by atoms with Crippen LogP contribution in [0.2, 0.25) is 0 Å². The van der Waals surface area contributed by atoms with Crippen LogP contribution in [0.25, 0.3) is 0 Å². The Kier molecular flexibility index (Phi) is 5.20. The van der Waals surface area contributed by atoms with Gasteiger partial charge in [-0.2, -0.15) is 0 Å². The lowest BCUT2D eigenvalue weighted by atomic mass is 10.0. The molecule has 1 N–H and O–H groups in total. The van der Waals surface area contributed by atoms with Crippen molar-refractivity contribution in [2.24, 2.45) is 0 Å². The van der Waals surface area contributed by atoms with Gasteiger partial charge >= 0.3 is 0 Å². The lowest BCUT2D eigenvalue weighted by Gasteiger charge is -2.20. The summed E-state index contributed by atoms with van der Waals surface area (Å²) in [4.78, 5) is 2.81. The van der Waals surface area contributed by atoms with Crippen molar-refractivity contribution in [2.75, 3.05) is 6.54 Å². The van der Waals surface area contributed by atoms with Crippen molar-refractivity contribution in [1.29, 1.82) is 0 Å². The topological polar surface area (TPSA) is 12.0 Å². The van der Waals surface area contributed by atoms with E-state index in [0.29, 0.717) is 0 Å². The van der Waals surface area contributed by atoms with Crippen LogP contribution < -0.4 is 5.32 Å². The van der Waals surface area contributed by atoms with Gasteiger partial charge in [-0.3, -0.25) is 0 Å². The monoisotopic (exact) mass is 337 g/mol. The second kappa shape index (κ2) is 6.69. The summed E-state index contributed by atoms with van der Waals surface area (Å²) in [6.45, 7) is 7.62. The number of thiophene rings is 1. The average molecular weight is 338 g/mol. The molecule has 2 rings (SSSR count). The largest absolute Gasteiger partial charge is 0.306 e. The summed E-state index contributed by atoms with van der Waals surface area (Å²) >= 11 is 5.58. The Bertz CT molecular complexity index is 547. The molecule has 0 amide bonds. The first-order chi connectivity index (χ1) is 9.13. The Morgan fingerprint density at radius 1 is 1.26 bits per heavy atom. The van der Waals surface area contributed by atoms with Crippen LogP contribution in [0.4, 0.5) is 0 Å². The van der Waals surface area contributed by atoms with Crippen LogP contribution in [0, 0.1) is 13.8 Å². The van der Waals surface area contributed by atoms with Crippen molar-refractivity contribution in [1.82, 2.24) is 5.32 Å². The number of hydrogen-bond donors (Lipinski definition) is 1. The van der Waals surface area contributed by atoms with Gasteiger partial charge in [-0.15, -0.1) is 11.3 Å². The molecule has 1 aromatic heterocycles. The molecule has 19 heavy (non-hydrogen) atoms. The van der Waals surface area contributed by atoms with E-state index in [9.17, 15) is 0 Å². The highest BCUT2D eigenvalue weighted by atomic mass is 79.9. The van der Waals surface area contributed by atoms with E-state index in [1.54, 1.807) is 0 Å². The van der Waals surface area contributed by atoms with Crippen LogP contribution in [0.5, 0.6) is 0 Å². The highest BCUT2D eigenvalue weighted by molar-refractivity contribution is 9.10. The zero-order valence-corrected chi connectivity index (χ0v) is 14.1. The van der Waals surface area contributed by atoms with E-state index in [0.717, 1.165) is 13.0 Å². The highest BCUT2D eigenvalue weighted by Crippen LogP contribution is 2.34. The molecule has 1 unspecified atom stereocenters. The van der Waals surface area contributed by atoms with E-state index in [1.165, 1.54) is 25.4 Å². The predicted molar refractivity (Wildman–Crippen MR) is 88.1 cm³/mol. The van der Waals surface area contributed by atoms with Crippen LogP contribution in [0.1, 0.15) is 40.3 Å². The van der Waals surface area contributed by atoms with E-state index < -0.39 is 0 Å². The Morgan fingerprint density at radius 2 is 2.00 bits per heavy atom. The standard InChI is InChI=1S/C16H20BrNS/c1-4-9-18-15(13-7-5-6-8-14(13)17)16-11(2)10-12(3)19-16/h5-8,10,15,18H,4,9H2,1-3H3. The molecule has 0 bridgehead atoms. The molecular formula is C16H20BrNS. The maximum Gasteiger partial charge on any atom is 0.0684 e. The SMILES string of the molecule is CCCNC(c1ccccc1Br)c1sc(C)cc1C. The predicted octanol–water partition coefficient (Wildman–Crippen LogP) is 5.22. The van der Waals surface area contributed by atoms with Gasteiger partial charge in [0.15, 0.2) is 0 Å². The first-order valence-corrected chi connectivity index (χ1v) is 8.29. The van der Waals surface area contributed by atoms with E-state index in [2.05, 4.69) is 72.3 Å². The van der Waals surface area contributed by atoms with Crippen LogP contribution in [0.15, 0.2) is 34.8 Å². The second-order valence-electron chi connectivity index (χ2n) is 4.81. The lowest BCUT2D eigenvalue weighted by molar-refractivity contribution is 0.602. The molecule has 0 aliphatic rings. The van der Waals surface area contributed by atoms with Gasteiger partial charge in [0.1, 0.15) is 0 Å². The van der Waals surface area contributed by atoms with Crippen LogP contribution >= 0.6 is 27.3 Å². The van der Waals surface area contributed by atoms with Crippen molar-refractivity contribution < 1.29 is 0 Å². The summed E-state index contributed by atoms with van der Waals surface area (Å²) in [7, 11) is 0. The number of hydrogen-bond acceptors (Lipinski definition) is 2. The molecular weight excluding hydrogens is 318 g/mol. The van der Waals surface area contributed by atoms with Crippen LogP contribution in [0.3, 0.4) is 0 Å². The number of nitrogens with one attached hydrogen (secondary N) is 1. The number of halogens is 1. The summed E-state index contributed by atoms with van der Waals surface area (Å²) in [5.74, 6) is 0. The number of benzene rings is 1. The molecule has 1 atom stereocenters. The van der Waals surface area contributed by atoms with Gasteiger partial charge in [-0.05, 0) is 50.1 Å². The first kappa shape index (κ1) is 14.8. The molecule has 0 saturated carbocycles. The summed E-state index contributed by atoms with van der Waals surface area (Å²) in [5, 5.41) is 3.68. The Balaban J connectivity index is 2.41. The van der Waals surface area contributed by atoms with Crippen LogP contribution in [-0.2, 0) is 0 Å². The van der Waals surface area contributed by atoms with Crippen molar-refractivity contribution >= 4 is 27.3 Å². The van der Waals surface area contributed by atoms with E-state index >= 15 is 0 Å². The fraction of sp³-hybridized carbons (Fsp3) is 0.375. The molecule has 0 aliphatic heterocycles. The molecule has 3 heteroatoms. The fourth-order valence-electron chi connectivity index (χ4n) is 2.29. The maximum absolute atomic E-state index is 3.68. The Hall–Kier alpha value is -0.640. The Morgan fingerprint density at radius 3 is 2.58 bits per heavy atom. The van der Waals surface area contributed by atoms with Gasteiger partial charge in [0, 0.05) is 14.2 Å². The van der Waals surface area contributed by atoms with E-state index in [-0.39, 0.29) is 6.04 Å². The molecule has 1 aromatic carbocycles. The summed E-state index contributed by atoms with van der Waals surface area (Å²) in [6, 6.07) is 11.1. The molecule has 102 valence electrons. The molecule has 0 saturated heterocycles. The van der Waals surface area contributed by atoms with E-state index in [4.69, 9.17) is 0 Å². The summed E-state index contributed by atoms with van der Waals surface area (Å²) in [5.41, 5.74) is 2.70. The molecule has 1 heterocycles. The van der Waals surface area contributed by atoms with Crippen molar-refractivity contribution in [3.8, 4) is 0 Å². The zero-order valence-electron chi connectivity index (χ0n) is 11.7. The third-order valence-electron chi connectivity index (χ3n) is 3.16. The van der Waals surface area contributed by atoms with E-state index in [1.807, 2.05) is 11.3 Å². The van der Waals surface area contributed by atoms with Crippen molar-refractivity contribution in [3.63, 3.8) is 0 Å². The smallest absolute Gasteiger partial charge is 0.0684 e. The molecule has 0 spiro atoms. The van der Waals surface area contributed by atoms with Gasteiger partial charge in [0.2, 0.25) is 0 Å². The van der Waals surface area contributed by atoms with Gasteiger partial charge in [-0.1, -0.05) is 41.1 Å². The first-order valence-electron chi connectivity index (χ1n) is 6.68. The lowest BCUT2D eigenvalue weighted by Crippen LogP contribution is -2.23. The minimum absolute atomic E-state index is 0.286. The minimum atomic E-state index is 0.286. The number of rotatable bonds is 5. The maximum atomic E-state index is 3.68. The summed E-state index contributed by atoms with van der Waals surface area (Å²) in [6.07, 6.45) is 1.14. The highest BCUT2D eigenvalue weighted by Gasteiger charge is 2.19. The third kappa shape index (κ3) is 3.47. The van der Waals surface area contributed by atoms with Gasteiger partial charge < -0.3 is 5.32 Å². The van der Waals surface area contributed by atoms with Crippen molar-refractivity contribution in [2.45, 2.75) is 33.2 Å². The molecule has 2 aromatic rings. The number of aryl methyl sites for hydroxylation is 2. The summed E-state index contributed by atoms with van der Waals surface area (Å²) < 4.78 is 1.18. The molecule has 0 radical (unpaired) electrons. The van der Waals surface area contributed by atoms with Gasteiger partial charge in [0.05, 0.1) is 6.04 Å². The minimum Gasteiger partial charge on any atom is -0.306 e. The average Bonchev–Trinajstić information content (AvgIpc) is 2.71. The normalized spacial score (nSPS) is 12.6. The molecule has 1 nitrogen and oxygen atoms in total. The molecule has 0 aliphatic carbocycles. The molecule has 0 fully saturated rings. The second-order valence-corrected chi connectivity index (χ2v) is 6.96. The Labute approximate surface area is 128 Å².